The highest BCUT2D eigenvalue weighted by molar-refractivity contribution is 7.93. The molecule has 0 unspecified atom stereocenters. The van der Waals surface area contributed by atoms with Crippen LogP contribution in [0.25, 0.3) is 10.8 Å². The summed E-state index contributed by atoms with van der Waals surface area (Å²) in [5, 5.41) is 4.28. The quantitative estimate of drug-likeness (QED) is 0.777. The molecule has 0 atom stereocenters. The van der Waals surface area contributed by atoms with Gasteiger partial charge in [-0.3, -0.25) is 9.10 Å². The molecule has 3 N–H and O–H groups in total. The van der Waals surface area contributed by atoms with Crippen molar-refractivity contribution >= 4 is 32.4 Å². The van der Waals surface area contributed by atoms with Crippen LogP contribution in [-0.4, -0.2) is 34.0 Å². The smallest absolute Gasteiger partial charge is 0.265 e. The van der Waals surface area contributed by atoms with Crippen LogP contribution in [0.1, 0.15) is 12.8 Å². The number of anilines is 1. The van der Waals surface area contributed by atoms with Crippen molar-refractivity contribution in [2.24, 2.45) is 5.73 Å². The molecule has 23 heavy (non-hydrogen) atoms. The van der Waals surface area contributed by atoms with Crippen molar-refractivity contribution in [1.29, 1.82) is 0 Å². The van der Waals surface area contributed by atoms with Crippen molar-refractivity contribution in [2.75, 3.05) is 23.9 Å². The number of rotatable bonds is 6. The van der Waals surface area contributed by atoms with Crippen LogP contribution < -0.4 is 15.4 Å². The number of carbonyl (C=O) groups excluding carboxylic acids is 1. The summed E-state index contributed by atoms with van der Waals surface area (Å²) in [6, 6.07) is 10.6. The molecule has 0 radical (unpaired) electrons. The van der Waals surface area contributed by atoms with Gasteiger partial charge in [-0.15, -0.1) is 0 Å². The molecule has 0 saturated heterocycles. The molecular formula is C16H19N3O3S. The summed E-state index contributed by atoms with van der Waals surface area (Å²) < 4.78 is 26.6. The van der Waals surface area contributed by atoms with Crippen molar-refractivity contribution in [1.82, 2.24) is 5.32 Å². The zero-order chi connectivity index (χ0) is 16.4. The van der Waals surface area contributed by atoms with Crippen LogP contribution in [0, 0.1) is 0 Å². The van der Waals surface area contributed by atoms with E-state index in [0.717, 1.165) is 18.2 Å². The molecule has 1 heterocycles. The standard InChI is InChI=1S/C16H19N3O3S/c17-9-1-2-10-18-15(20)11-19-13-7-3-5-12-6-4-8-14(16(12)13)23(19,21)22/h3-8H,1-2,9-11,17H2,(H,18,20). The SMILES string of the molecule is NCCCCNC(=O)CN1c2cccc3cccc(c23)S1(=O)=O. The van der Waals surface area contributed by atoms with E-state index >= 15 is 0 Å². The molecule has 0 saturated carbocycles. The van der Waals surface area contributed by atoms with E-state index < -0.39 is 10.0 Å². The summed E-state index contributed by atoms with van der Waals surface area (Å²) in [6.45, 7) is 0.869. The van der Waals surface area contributed by atoms with Crippen molar-refractivity contribution in [3.63, 3.8) is 0 Å². The van der Waals surface area contributed by atoms with Crippen molar-refractivity contribution < 1.29 is 13.2 Å². The van der Waals surface area contributed by atoms with Crippen LogP contribution >= 0.6 is 0 Å². The lowest BCUT2D eigenvalue weighted by molar-refractivity contribution is -0.119. The summed E-state index contributed by atoms with van der Waals surface area (Å²) in [5.74, 6) is -0.310. The fourth-order valence-corrected chi connectivity index (χ4v) is 4.48. The summed E-state index contributed by atoms with van der Waals surface area (Å²) in [4.78, 5) is 12.3. The second-order valence-electron chi connectivity index (χ2n) is 5.49. The largest absolute Gasteiger partial charge is 0.355 e. The van der Waals surface area contributed by atoms with Crippen LogP contribution in [0.3, 0.4) is 0 Å². The molecule has 0 spiro atoms. The first-order chi connectivity index (χ1) is 11.1. The van der Waals surface area contributed by atoms with Gasteiger partial charge in [0.15, 0.2) is 0 Å². The van der Waals surface area contributed by atoms with Crippen LogP contribution in [0.2, 0.25) is 0 Å². The molecule has 122 valence electrons. The number of benzene rings is 2. The van der Waals surface area contributed by atoms with Crippen LogP contribution in [-0.2, 0) is 14.8 Å². The lowest BCUT2D eigenvalue weighted by Gasteiger charge is -2.18. The van der Waals surface area contributed by atoms with Gasteiger partial charge in [0.25, 0.3) is 10.0 Å². The van der Waals surface area contributed by atoms with E-state index in [-0.39, 0.29) is 17.3 Å². The maximum atomic E-state index is 12.7. The molecule has 1 aliphatic rings. The van der Waals surface area contributed by atoms with Gasteiger partial charge in [-0.25, -0.2) is 8.42 Å². The number of carbonyl (C=O) groups is 1. The first kappa shape index (κ1) is 15.8. The zero-order valence-corrected chi connectivity index (χ0v) is 13.5. The number of unbranched alkanes of at least 4 members (excludes halogenated alkanes) is 1. The molecule has 1 aliphatic heterocycles. The molecular weight excluding hydrogens is 314 g/mol. The van der Waals surface area contributed by atoms with Gasteiger partial charge in [-0.1, -0.05) is 24.3 Å². The number of hydrogen-bond acceptors (Lipinski definition) is 4. The number of amides is 1. The third-order valence-corrected chi connectivity index (χ3v) is 5.72. The second-order valence-corrected chi connectivity index (χ2v) is 7.32. The maximum absolute atomic E-state index is 12.7. The highest BCUT2D eigenvalue weighted by atomic mass is 32.2. The van der Waals surface area contributed by atoms with E-state index in [0.29, 0.717) is 24.2 Å². The predicted octanol–water partition coefficient (Wildman–Crippen LogP) is 1.20. The third kappa shape index (κ3) is 2.77. The van der Waals surface area contributed by atoms with Crippen molar-refractivity contribution in [2.45, 2.75) is 17.7 Å². The van der Waals surface area contributed by atoms with Crippen LogP contribution in [0.15, 0.2) is 41.3 Å². The molecule has 2 aromatic carbocycles. The van der Waals surface area contributed by atoms with E-state index in [9.17, 15) is 13.2 Å². The third-order valence-electron chi connectivity index (χ3n) is 3.92. The Balaban J connectivity index is 1.85. The second kappa shape index (κ2) is 6.17. The van der Waals surface area contributed by atoms with Gasteiger partial charge >= 0.3 is 0 Å². The van der Waals surface area contributed by atoms with E-state index in [1.165, 1.54) is 4.31 Å². The molecule has 0 bridgehead atoms. The lowest BCUT2D eigenvalue weighted by Crippen LogP contribution is -2.39. The molecule has 6 nitrogen and oxygen atoms in total. The van der Waals surface area contributed by atoms with Gasteiger partial charge < -0.3 is 11.1 Å². The number of nitrogens with two attached hydrogens (primary N) is 1. The molecule has 0 fully saturated rings. The van der Waals surface area contributed by atoms with Gasteiger partial charge in [-0.2, -0.15) is 0 Å². The van der Waals surface area contributed by atoms with Crippen molar-refractivity contribution in [3.05, 3.63) is 36.4 Å². The minimum Gasteiger partial charge on any atom is -0.355 e. The maximum Gasteiger partial charge on any atom is 0.265 e. The first-order valence-electron chi connectivity index (χ1n) is 7.57. The molecule has 3 rings (SSSR count). The topological polar surface area (TPSA) is 92.5 Å². The van der Waals surface area contributed by atoms with Gasteiger partial charge in [0.05, 0.1) is 10.6 Å². The predicted molar refractivity (Wildman–Crippen MR) is 89.8 cm³/mol. The minimum atomic E-state index is -3.68. The summed E-state index contributed by atoms with van der Waals surface area (Å²) in [5.41, 5.74) is 5.97. The molecule has 1 amide bonds. The van der Waals surface area contributed by atoms with Gasteiger partial charge in [0.2, 0.25) is 5.91 Å². The highest BCUT2D eigenvalue weighted by Gasteiger charge is 2.36. The highest BCUT2D eigenvalue weighted by Crippen LogP contribution is 2.41. The average molecular weight is 333 g/mol. The number of nitrogens with zero attached hydrogens (tertiary/aromatic N) is 1. The molecule has 2 aromatic rings. The summed E-state index contributed by atoms with van der Waals surface area (Å²) in [6.07, 6.45) is 1.61. The first-order valence-corrected chi connectivity index (χ1v) is 9.01. The summed E-state index contributed by atoms with van der Waals surface area (Å²) in [7, 11) is -3.68. The average Bonchev–Trinajstić information content (AvgIpc) is 2.75. The van der Waals surface area contributed by atoms with Crippen molar-refractivity contribution in [3.8, 4) is 0 Å². The summed E-state index contributed by atoms with van der Waals surface area (Å²) >= 11 is 0. The Kier molecular flexibility index (Phi) is 4.23. The Morgan fingerprint density at radius 1 is 1.13 bits per heavy atom. The zero-order valence-electron chi connectivity index (χ0n) is 12.7. The number of nitrogens with one attached hydrogen (secondary N) is 1. The van der Waals surface area contributed by atoms with Crippen LogP contribution in [0.4, 0.5) is 5.69 Å². The Hall–Kier alpha value is -2.12. The van der Waals surface area contributed by atoms with Gasteiger partial charge in [0, 0.05) is 11.9 Å². The Morgan fingerprint density at radius 2 is 1.87 bits per heavy atom. The van der Waals surface area contributed by atoms with E-state index in [2.05, 4.69) is 5.32 Å². The van der Waals surface area contributed by atoms with E-state index in [1.54, 1.807) is 24.3 Å². The van der Waals surface area contributed by atoms with E-state index in [4.69, 9.17) is 5.73 Å². The monoisotopic (exact) mass is 333 g/mol. The molecule has 7 heteroatoms. The van der Waals surface area contributed by atoms with E-state index in [1.807, 2.05) is 12.1 Å². The number of hydrogen-bond donors (Lipinski definition) is 2. The molecule has 0 aromatic heterocycles. The number of sulfonamides is 1. The van der Waals surface area contributed by atoms with Gasteiger partial charge in [-0.05, 0) is 36.9 Å². The normalized spacial score (nSPS) is 15.1. The molecule has 0 aliphatic carbocycles. The lowest BCUT2D eigenvalue weighted by atomic mass is 10.1. The minimum absolute atomic E-state index is 0.210. The Labute approximate surface area is 135 Å². The van der Waals surface area contributed by atoms with Crippen LogP contribution in [0.5, 0.6) is 0 Å². The Bertz CT molecular complexity index is 844. The Morgan fingerprint density at radius 3 is 2.61 bits per heavy atom. The fraction of sp³-hybridized carbons (Fsp3) is 0.312. The fourth-order valence-electron chi connectivity index (χ4n) is 2.81. The van der Waals surface area contributed by atoms with Gasteiger partial charge in [0.1, 0.15) is 6.54 Å².